The van der Waals surface area contributed by atoms with E-state index in [1.165, 1.54) is 0 Å². The van der Waals surface area contributed by atoms with Crippen LogP contribution in [-0.2, 0) is 4.74 Å². The van der Waals surface area contributed by atoms with Crippen LogP contribution in [-0.4, -0.2) is 45.2 Å². The van der Waals surface area contributed by atoms with Crippen molar-refractivity contribution in [3.05, 3.63) is 60.8 Å². The lowest BCUT2D eigenvalue weighted by Gasteiger charge is -2.35. The van der Waals surface area contributed by atoms with E-state index in [4.69, 9.17) is 4.74 Å². The third kappa shape index (κ3) is 5.51. The van der Waals surface area contributed by atoms with E-state index >= 15 is 0 Å². The number of ether oxygens (including phenoxy) is 1. The Morgan fingerprint density at radius 2 is 1.76 bits per heavy atom. The predicted molar refractivity (Wildman–Crippen MR) is 131 cm³/mol. The molecule has 2 aromatic heterocycles. The van der Waals surface area contributed by atoms with Crippen LogP contribution in [0, 0.1) is 5.92 Å². The zero-order valence-electron chi connectivity index (χ0n) is 18.0. The van der Waals surface area contributed by atoms with Gasteiger partial charge in [-0.2, -0.15) is 5.10 Å². The van der Waals surface area contributed by atoms with Gasteiger partial charge in [0.2, 0.25) is 0 Å². The summed E-state index contributed by atoms with van der Waals surface area (Å²) in [5.74, 6) is 1.83. The summed E-state index contributed by atoms with van der Waals surface area (Å²) in [5, 5.41) is 20.0. The van der Waals surface area contributed by atoms with Crippen LogP contribution >= 0.6 is 24.8 Å². The highest BCUT2D eigenvalue weighted by molar-refractivity contribution is 5.89. The number of amides is 1. The Balaban J connectivity index is 0.00000153. The van der Waals surface area contributed by atoms with Gasteiger partial charge in [-0.3, -0.25) is 4.90 Å². The Labute approximate surface area is 205 Å². The van der Waals surface area contributed by atoms with Crippen LogP contribution in [0.3, 0.4) is 0 Å². The molecule has 1 aromatic carbocycles. The summed E-state index contributed by atoms with van der Waals surface area (Å²) in [4.78, 5) is 14.0. The first-order valence-corrected chi connectivity index (χ1v) is 10.6. The molecule has 8 nitrogen and oxygen atoms in total. The smallest absolute Gasteiger partial charge is 0.416 e. The summed E-state index contributed by atoms with van der Waals surface area (Å²) in [6.07, 6.45) is 4.94. The average molecular weight is 489 g/mol. The minimum absolute atomic E-state index is 0. The molecular weight excluding hydrogens is 463 g/mol. The maximum atomic E-state index is 12.4. The number of nitrogens with one attached hydrogen (secondary N) is 1. The van der Waals surface area contributed by atoms with Gasteiger partial charge in [0.25, 0.3) is 0 Å². The van der Waals surface area contributed by atoms with Crippen molar-refractivity contribution >= 4 is 42.5 Å². The molecule has 0 radical (unpaired) electrons. The summed E-state index contributed by atoms with van der Waals surface area (Å²) in [6.45, 7) is 1.37. The van der Waals surface area contributed by atoms with E-state index in [9.17, 15) is 4.79 Å². The molecule has 0 atom stereocenters. The topological polar surface area (TPSA) is 93.1 Å². The Hall–Kier alpha value is -2.97. The van der Waals surface area contributed by atoms with Crippen molar-refractivity contribution < 1.29 is 9.53 Å². The molecule has 3 aromatic rings. The second-order valence-electron chi connectivity index (χ2n) is 8.21. The molecule has 2 aliphatic rings. The maximum Gasteiger partial charge on any atom is 0.416 e. The fourth-order valence-corrected chi connectivity index (χ4v) is 4.34. The molecule has 1 N–H and O–H groups in total. The van der Waals surface area contributed by atoms with Crippen molar-refractivity contribution in [2.24, 2.45) is 5.92 Å². The maximum absolute atomic E-state index is 12.4. The lowest BCUT2D eigenvalue weighted by molar-refractivity contribution is 0.0148. The quantitative estimate of drug-likeness (QED) is 0.552. The van der Waals surface area contributed by atoms with E-state index in [2.05, 4.69) is 25.7 Å². The molecule has 5 rings (SSSR count). The SMILES string of the molecule is Cl.Cl.O=C1O[C@]2(CC[C@H](CNc3ccc(-c4ccccc4)nn3)CC2)CN1c1cccnn1. The van der Waals surface area contributed by atoms with Crippen LogP contribution in [0.25, 0.3) is 11.3 Å². The number of anilines is 2. The number of halogens is 2. The summed E-state index contributed by atoms with van der Waals surface area (Å²) in [7, 11) is 0. The molecule has 1 aliphatic carbocycles. The first kappa shape index (κ1) is 24.7. The highest BCUT2D eigenvalue weighted by Gasteiger charge is 2.48. The summed E-state index contributed by atoms with van der Waals surface area (Å²) >= 11 is 0. The zero-order valence-corrected chi connectivity index (χ0v) is 19.6. The second kappa shape index (κ2) is 10.8. The summed E-state index contributed by atoms with van der Waals surface area (Å²) in [6, 6.07) is 17.5. The zero-order chi connectivity index (χ0) is 21.1. The highest BCUT2D eigenvalue weighted by atomic mass is 35.5. The molecule has 2 fully saturated rings. The molecule has 1 saturated heterocycles. The minimum atomic E-state index is -0.414. The molecular formula is C23H26Cl2N6O2. The van der Waals surface area contributed by atoms with Gasteiger partial charge in [0.1, 0.15) is 11.4 Å². The second-order valence-corrected chi connectivity index (χ2v) is 8.21. The van der Waals surface area contributed by atoms with Gasteiger partial charge in [-0.25, -0.2) is 4.79 Å². The highest BCUT2D eigenvalue weighted by Crippen LogP contribution is 2.40. The van der Waals surface area contributed by atoms with E-state index in [-0.39, 0.29) is 30.9 Å². The normalized spacial score (nSPS) is 21.6. The number of aromatic nitrogens is 4. The van der Waals surface area contributed by atoms with Gasteiger partial charge in [0.15, 0.2) is 5.82 Å². The minimum Gasteiger partial charge on any atom is -0.441 e. The largest absolute Gasteiger partial charge is 0.441 e. The standard InChI is InChI=1S/C23H24N6O2.2ClH/c30-22-29(21-7-4-14-25-28-21)16-23(31-22)12-10-17(11-13-23)15-24-20-9-8-19(26-27-20)18-5-2-1-3-6-18;;/h1-9,14,17H,10-13,15-16H2,(H,24,27);2*1H/t17-,23-;;. The Kier molecular flexibility index (Phi) is 8.05. The van der Waals surface area contributed by atoms with E-state index < -0.39 is 5.60 Å². The Morgan fingerprint density at radius 1 is 0.970 bits per heavy atom. The Bertz CT molecular complexity index is 1030. The van der Waals surface area contributed by atoms with E-state index in [1.54, 1.807) is 23.2 Å². The van der Waals surface area contributed by atoms with Gasteiger partial charge in [0, 0.05) is 18.3 Å². The van der Waals surface area contributed by atoms with E-state index in [0.29, 0.717) is 18.3 Å². The van der Waals surface area contributed by atoms with Crippen LogP contribution in [0.1, 0.15) is 25.7 Å². The van der Waals surface area contributed by atoms with E-state index in [1.807, 2.05) is 42.5 Å². The first-order chi connectivity index (χ1) is 15.2. The van der Waals surface area contributed by atoms with E-state index in [0.717, 1.165) is 49.3 Å². The number of hydrogen-bond acceptors (Lipinski definition) is 7. The molecule has 33 heavy (non-hydrogen) atoms. The fraction of sp³-hybridized carbons (Fsp3) is 0.348. The van der Waals surface area contributed by atoms with Crippen LogP contribution in [0.15, 0.2) is 60.8 Å². The van der Waals surface area contributed by atoms with Gasteiger partial charge in [-0.05, 0) is 55.9 Å². The number of carbonyl (C=O) groups excluding carboxylic acids is 1. The lowest BCUT2D eigenvalue weighted by atomic mass is 9.78. The lowest BCUT2D eigenvalue weighted by Crippen LogP contribution is -2.39. The van der Waals surface area contributed by atoms with Crippen molar-refractivity contribution in [2.45, 2.75) is 31.3 Å². The van der Waals surface area contributed by atoms with Gasteiger partial charge in [0.05, 0.1) is 12.2 Å². The molecule has 1 spiro atoms. The molecule has 0 unspecified atom stereocenters. The molecule has 1 saturated carbocycles. The van der Waals surface area contributed by atoms with Crippen LogP contribution in [0.4, 0.5) is 16.4 Å². The number of rotatable bonds is 5. The van der Waals surface area contributed by atoms with Crippen LogP contribution in [0.5, 0.6) is 0 Å². The number of carbonyl (C=O) groups is 1. The first-order valence-electron chi connectivity index (χ1n) is 10.6. The van der Waals surface area contributed by atoms with Crippen LogP contribution < -0.4 is 10.2 Å². The molecule has 174 valence electrons. The van der Waals surface area contributed by atoms with Crippen molar-refractivity contribution in [1.82, 2.24) is 20.4 Å². The molecule has 3 heterocycles. The Morgan fingerprint density at radius 3 is 2.42 bits per heavy atom. The molecule has 1 aliphatic heterocycles. The third-order valence-corrected chi connectivity index (χ3v) is 6.13. The van der Waals surface area contributed by atoms with Crippen LogP contribution in [0.2, 0.25) is 0 Å². The molecule has 1 amide bonds. The predicted octanol–water partition coefficient (Wildman–Crippen LogP) is 4.77. The van der Waals surface area contributed by atoms with Crippen molar-refractivity contribution in [3.63, 3.8) is 0 Å². The summed E-state index contributed by atoms with van der Waals surface area (Å²) in [5.41, 5.74) is 1.50. The fourth-order valence-electron chi connectivity index (χ4n) is 4.34. The monoisotopic (exact) mass is 488 g/mol. The van der Waals surface area contributed by atoms with Gasteiger partial charge in [-0.1, -0.05) is 30.3 Å². The number of benzene rings is 1. The van der Waals surface area contributed by atoms with Crippen molar-refractivity contribution in [3.8, 4) is 11.3 Å². The average Bonchev–Trinajstić information content (AvgIpc) is 3.16. The van der Waals surface area contributed by atoms with Crippen molar-refractivity contribution in [2.75, 3.05) is 23.3 Å². The van der Waals surface area contributed by atoms with Crippen molar-refractivity contribution in [1.29, 1.82) is 0 Å². The van der Waals surface area contributed by atoms with Gasteiger partial charge in [-0.15, -0.1) is 40.1 Å². The number of nitrogens with zero attached hydrogens (tertiary/aromatic N) is 5. The third-order valence-electron chi connectivity index (χ3n) is 6.13. The van der Waals surface area contributed by atoms with Gasteiger partial charge < -0.3 is 10.1 Å². The summed E-state index contributed by atoms with van der Waals surface area (Å²) < 4.78 is 5.80. The number of hydrogen-bond donors (Lipinski definition) is 1. The van der Waals surface area contributed by atoms with Gasteiger partial charge >= 0.3 is 6.09 Å². The molecule has 10 heteroatoms. The molecule has 0 bridgehead atoms.